The van der Waals surface area contributed by atoms with Crippen molar-refractivity contribution in [1.82, 2.24) is 0 Å². The number of nitrogens with zero attached hydrogens (tertiary/aromatic N) is 1. The quantitative estimate of drug-likeness (QED) is 0.601. The zero-order chi connectivity index (χ0) is 14.0. The lowest BCUT2D eigenvalue weighted by molar-refractivity contribution is 0.299. The van der Waals surface area contributed by atoms with Gasteiger partial charge in [-0.3, -0.25) is 0 Å². The van der Waals surface area contributed by atoms with Crippen LogP contribution in [0.25, 0.3) is 0 Å². The lowest BCUT2D eigenvalue weighted by Crippen LogP contribution is -2.18. The maximum Gasteiger partial charge on any atom is 0.235 e. The van der Waals surface area contributed by atoms with Crippen molar-refractivity contribution in [3.8, 4) is 5.75 Å². The van der Waals surface area contributed by atoms with Crippen molar-refractivity contribution in [1.29, 1.82) is 0 Å². The molecule has 0 amide bonds. The summed E-state index contributed by atoms with van der Waals surface area (Å²) in [6, 6.07) is 5.79. The molecule has 3 nitrogen and oxygen atoms in total. The van der Waals surface area contributed by atoms with Gasteiger partial charge in [-0.15, -0.1) is 0 Å². The minimum absolute atomic E-state index is 0.416. The van der Waals surface area contributed by atoms with E-state index in [9.17, 15) is 4.79 Å². The number of rotatable bonds is 5. The number of halogens is 1. The fraction of sp³-hybridized carbons (Fsp3) is 0.562. The first-order valence-corrected chi connectivity index (χ1v) is 7.63. The molecule has 106 valence electrons. The van der Waals surface area contributed by atoms with E-state index in [1.165, 1.54) is 12.8 Å². The van der Waals surface area contributed by atoms with E-state index in [0.29, 0.717) is 10.9 Å². The van der Waals surface area contributed by atoms with E-state index in [2.05, 4.69) is 4.99 Å². The van der Waals surface area contributed by atoms with Crippen molar-refractivity contribution in [2.24, 2.45) is 10.9 Å². The molecule has 0 unspecified atom stereocenters. The van der Waals surface area contributed by atoms with Crippen LogP contribution in [-0.2, 0) is 10.3 Å². The van der Waals surface area contributed by atoms with Crippen LogP contribution in [0.3, 0.4) is 0 Å². The number of benzene rings is 1. The van der Waals surface area contributed by atoms with E-state index < -0.39 is 5.54 Å². The van der Waals surface area contributed by atoms with Crippen LogP contribution in [0.1, 0.15) is 44.1 Å². The van der Waals surface area contributed by atoms with Gasteiger partial charge in [-0.25, -0.2) is 4.79 Å². The van der Waals surface area contributed by atoms with Crippen LogP contribution >= 0.6 is 11.6 Å². The average Bonchev–Trinajstić information content (AvgIpc) is 3.15. The van der Waals surface area contributed by atoms with Gasteiger partial charge < -0.3 is 4.74 Å². The number of ether oxygens (including phenoxy) is 1. The molecule has 0 aromatic heterocycles. The first-order valence-electron chi connectivity index (χ1n) is 7.25. The predicted octanol–water partition coefficient (Wildman–Crippen LogP) is 4.23. The average molecular weight is 292 g/mol. The third-order valence-electron chi connectivity index (χ3n) is 4.33. The van der Waals surface area contributed by atoms with Gasteiger partial charge >= 0.3 is 0 Å². The molecule has 20 heavy (non-hydrogen) atoms. The Bertz CT molecular complexity index is 541. The van der Waals surface area contributed by atoms with Crippen LogP contribution in [0.15, 0.2) is 23.2 Å². The molecule has 3 rings (SSSR count). The SMILES string of the molecule is O=C=NC1(c2ccc(OCC3CC3)c(Cl)c2)CCCC1. The highest BCUT2D eigenvalue weighted by molar-refractivity contribution is 6.32. The summed E-state index contributed by atoms with van der Waals surface area (Å²) >= 11 is 6.31. The molecule has 0 radical (unpaired) electrons. The Morgan fingerprint density at radius 1 is 1.35 bits per heavy atom. The summed E-state index contributed by atoms with van der Waals surface area (Å²) in [5.74, 6) is 1.43. The monoisotopic (exact) mass is 291 g/mol. The van der Waals surface area contributed by atoms with E-state index in [1.807, 2.05) is 18.2 Å². The number of isocyanates is 1. The van der Waals surface area contributed by atoms with Crippen molar-refractivity contribution < 1.29 is 9.53 Å². The maximum absolute atomic E-state index is 10.7. The summed E-state index contributed by atoms with van der Waals surface area (Å²) in [7, 11) is 0. The molecule has 0 heterocycles. The third-order valence-corrected chi connectivity index (χ3v) is 4.63. The molecule has 1 aromatic rings. The van der Waals surface area contributed by atoms with E-state index in [1.54, 1.807) is 6.08 Å². The zero-order valence-corrected chi connectivity index (χ0v) is 12.2. The van der Waals surface area contributed by atoms with Gasteiger partial charge in [-0.1, -0.05) is 30.5 Å². The van der Waals surface area contributed by atoms with Gasteiger partial charge in [0.2, 0.25) is 6.08 Å². The Hall–Kier alpha value is -1.31. The Morgan fingerprint density at radius 3 is 2.70 bits per heavy atom. The topological polar surface area (TPSA) is 38.7 Å². The lowest BCUT2D eigenvalue weighted by atomic mass is 9.89. The molecular formula is C16H18ClNO2. The Kier molecular flexibility index (Phi) is 3.82. The summed E-state index contributed by atoms with van der Waals surface area (Å²) in [4.78, 5) is 14.8. The third kappa shape index (κ3) is 2.74. The van der Waals surface area contributed by atoms with Crippen LogP contribution in [0, 0.1) is 5.92 Å². The van der Waals surface area contributed by atoms with Gasteiger partial charge in [-0.2, -0.15) is 4.99 Å². The summed E-state index contributed by atoms with van der Waals surface area (Å²) in [5.41, 5.74) is 0.586. The van der Waals surface area contributed by atoms with Gasteiger partial charge in [-0.05, 0) is 49.3 Å². The number of carbonyl (C=O) groups excluding carboxylic acids is 1. The maximum atomic E-state index is 10.7. The molecule has 0 aliphatic heterocycles. The molecule has 0 saturated heterocycles. The van der Waals surface area contributed by atoms with Crippen LogP contribution < -0.4 is 4.74 Å². The zero-order valence-electron chi connectivity index (χ0n) is 11.4. The van der Waals surface area contributed by atoms with Gasteiger partial charge in [0.1, 0.15) is 5.75 Å². The Labute approximate surface area is 124 Å². The van der Waals surface area contributed by atoms with Crippen LogP contribution in [-0.4, -0.2) is 12.7 Å². The highest BCUT2D eigenvalue weighted by Gasteiger charge is 2.36. The summed E-state index contributed by atoms with van der Waals surface area (Å²) in [6.45, 7) is 0.747. The van der Waals surface area contributed by atoms with Crippen molar-refractivity contribution in [2.45, 2.75) is 44.1 Å². The summed E-state index contributed by atoms with van der Waals surface area (Å²) < 4.78 is 5.73. The second-order valence-corrected chi connectivity index (χ2v) is 6.25. The second-order valence-electron chi connectivity index (χ2n) is 5.84. The van der Waals surface area contributed by atoms with Gasteiger partial charge in [0.15, 0.2) is 0 Å². The molecule has 0 N–H and O–H groups in total. The number of hydrogen-bond donors (Lipinski definition) is 0. The molecule has 4 heteroatoms. The van der Waals surface area contributed by atoms with Gasteiger partial charge in [0, 0.05) is 0 Å². The molecule has 1 aromatic carbocycles. The Morgan fingerprint density at radius 2 is 2.10 bits per heavy atom. The number of aliphatic imine (C=N–C) groups is 1. The second kappa shape index (κ2) is 5.59. The van der Waals surface area contributed by atoms with Gasteiger partial charge in [0.25, 0.3) is 0 Å². The summed E-state index contributed by atoms with van der Waals surface area (Å²) in [5, 5.41) is 0.607. The molecular weight excluding hydrogens is 274 g/mol. The Balaban J connectivity index is 1.82. The molecule has 0 spiro atoms. The minimum Gasteiger partial charge on any atom is -0.492 e. The largest absolute Gasteiger partial charge is 0.492 e. The van der Waals surface area contributed by atoms with E-state index in [0.717, 1.165) is 43.6 Å². The molecule has 2 fully saturated rings. The highest BCUT2D eigenvalue weighted by Crippen LogP contribution is 2.44. The van der Waals surface area contributed by atoms with E-state index in [-0.39, 0.29) is 0 Å². The highest BCUT2D eigenvalue weighted by atomic mass is 35.5. The van der Waals surface area contributed by atoms with Crippen LogP contribution in [0.2, 0.25) is 5.02 Å². The molecule has 0 atom stereocenters. The van der Waals surface area contributed by atoms with Crippen molar-refractivity contribution in [2.75, 3.05) is 6.61 Å². The van der Waals surface area contributed by atoms with Crippen LogP contribution in [0.4, 0.5) is 0 Å². The minimum atomic E-state index is -0.416. The van der Waals surface area contributed by atoms with E-state index in [4.69, 9.17) is 16.3 Å². The fourth-order valence-electron chi connectivity index (χ4n) is 2.91. The van der Waals surface area contributed by atoms with Gasteiger partial charge in [0.05, 0.1) is 17.2 Å². The van der Waals surface area contributed by atoms with E-state index >= 15 is 0 Å². The molecule has 2 aliphatic carbocycles. The van der Waals surface area contributed by atoms with Crippen molar-refractivity contribution in [3.05, 3.63) is 28.8 Å². The van der Waals surface area contributed by atoms with Crippen molar-refractivity contribution >= 4 is 17.7 Å². The molecule has 0 bridgehead atoms. The standard InChI is InChI=1S/C16H18ClNO2/c17-14-9-13(16(18-11-19)7-1-2-8-16)5-6-15(14)20-10-12-3-4-12/h5-6,9,12H,1-4,7-8,10H2. The first-order chi connectivity index (χ1) is 9.73. The smallest absolute Gasteiger partial charge is 0.235 e. The summed E-state index contributed by atoms with van der Waals surface area (Å²) in [6.07, 6.45) is 8.20. The molecule has 2 aliphatic rings. The normalized spacial score (nSPS) is 20.4. The van der Waals surface area contributed by atoms with Crippen LogP contribution in [0.5, 0.6) is 5.75 Å². The molecule has 2 saturated carbocycles. The number of hydrogen-bond acceptors (Lipinski definition) is 3. The lowest BCUT2D eigenvalue weighted by Gasteiger charge is -2.23. The first kappa shape index (κ1) is 13.7. The van der Waals surface area contributed by atoms with Crippen molar-refractivity contribution in [3.63, 3.8) is 0 Å². The predicted molar refractivity (Wildman–Crippen MR) is 77.9 cm³/mol. The fourth-order valence-corrected chi connectivity index (χ4v) is 3.15.